The molecule has 0 N–H and O–H groups in total. The van der Waals surface area contributed by atoms with Crippen LogP contribution in [0.2, 0.25) is 0 Å². The van der Waals surface area contributed by atoms with E-state index in [-0.39, 0.29) is 19.5 Å². The molecule has 0 radical (unpaired) electrons. The van der Waals surface area contributed by atoms with Crippen molar-refractivity contribution in [1.29, 1.82) is 0 Å². The number of anilines is 2. The fraction of sp³-hybridized carbons (Fsp3) is 0.533. The summed E-state index contributed by atoms with van der Waals surface area (Å²) in [4.78, 5) is 0. The molecule has 2 rings (SSSR count). The number of unbranched alkanes of at least 4 members (excludes halogenated alkanes) is 4. The third-order valence-electron chi connectivity index (χ3n) is 6.44. The van der Waals surface area contributed by atoms with E-state index in [4.69, 9.17) is 50.1 Å². The van der Waals surface area contributed by atoms with Gasteiger partial charge < -0.3 is 34.2 Å². The Balaban J connectivity index is 0.000000722. The van der Waals surface area contributed by atoms with Gasteiger partial charge in [0.05, 0.1) is 0 Å². The zero-order valence-corrected chi connectivity index (χ0v) is 32.1. The molecule has 0 heterocycles. The largest absolute Gasteiger partial charge is 2.00 e. The van der Waals surface area contributed by atoms with E-state index >= 15 is 0 Å². The predicted molar refractivity (Wildman–Crippen MR) is 190 cm³/mol. The molecular formula is C30H44N2S6Zn. The molecule has 9 heteroatoms. The van der Waals surface area contributed by atoms with E-state index in [1.54, 1.807) is 8.61 Å². The van der Waals surface area contributed by atoms with Gasteiger partial charge in [-0.1, -0.05) is 102 Å². The Morgan fingerprint density at radius 3 is 1.21 bits per heavy atom. The van der Waals surface area contributed by atoms with Gasteiger partial charge in [-0.05, 0) is 85.8 Å². The molecule has 0 amide bonds. The topological polar surface area (TPSA) is 6.48 Å². The van der Waals surface area contributed by atoms with Crippen LogP contribution in [0, 0.1) is 0 Å². The molecule has 0 aliphatic heterocycles. The van der Waals surface area contributed by atoms with Crippen LogP contribution in [0.25, 0.3) is 0 Å². The predicted octanol–water partition coefficient (Wildman–Crippen LogP) is 9.71. The van der Waals surface area contributed by atoms with Crippen LogP contribution in [0.4, 0.5) is 11.4 Å². The third-order valence-corrected chi connectivity index (χ3v) is 8.47. The Morgan fingerprint density at radius 2 is 0.923 bits per heavy atom. The maximum absolute atomic E-state index is 5.35. The van der Waals surface area contributed by atoms with Crippen LogP contribution in [0.3, 0.4) is 0 Å². The van der Waals surface area contributed by atoms with Gasteiger partial charge in [0.2, 0.25) is 0 Å². The normalized spacial score (nSPS) is 10.3. The molecule has 39 heavy (non-hydrogen) atoms. The Hall–Kier alpha value is 0.243. The average molecular weight is 690 g/mol. The molecule has 0 unspecified atom stereocenters. The molecule has 0 saturated heterocycles. The fourth-order valence-corrected chi connectivity index (χ4v) is 5.07. The summed E-state index contributed by atoms with van der Waals surface area (Å²) < 4.78 is 4.08. The van der Waals surface area contributed by atoms with Crippen molar-refractivity contribution in [2.75, 3.05) is 8.61 Å². The second kappa shape index (κ2) is 22.8. The minimum absolute atomic E-state index is 0. The van der Waals surface area contributed by atoms with Gasteiger partial charge in [-0.15, -0.1) is 25.3 Å². The number of aryl methyl sites for hydroxylation is 2. The van der Waals surface area contributed by atoms with Crippen LogP contribution in [0.1, 0.15) is 101 Å². The summed E-state index contributed by atoms with van der Waals surface area (Å²) in [5.41, 5.74) is 7.60. The Bertz CT molecular complexity index is 922. The standard InChI is InChI=1S/2C15H22NS3.Zn/c2*1-3-5-8-12-9-7-11-14(16(19)15(17)18)13(12)10-6-4-2;/h2*7,9,11H,3-6,8,10H2,1-2H3,(H,17,18);/q2*-1;+2. The summed E-state index contributed by atoms with van der Waals surface area (Å²) in [6, 6.07) is 12.7. The summed E-state index contributed by atoms with van der Waals surface area (Å²) in [7, 11) is 0. The molecule has 0 fully saturated rings. The van der Waals surface area contributed by atoms with Gasteiger partial charge in [0.15, 0.2) is 0 Å². The van der Waals surface area contributed by atoms with Crippen molar-refractivity contribution in [3.05, 3.63) is 58.7 Å². The zero-order chi connectivity index (χ0) is 28.5. The third kappa shape index (κ3) is 13.8. The quantitative estimate of drug-likeness (QED) is 0.0876. The first-order valence-corrected chi connectivity index (χ1v) is 16.3. The molecular weight excluding hydrogens is 646 g/mol. The number of rotatable bonds is 14. The van der Waals surface area contributed by atoms with Gasteiger partial charge >= 0.3 is 19.5 Å². The van der Waals surface area contributed by atoms with Crippen molar-refractivity contribution in [1.82, 2.24) is 0 Å². The molecule has 0 spiro atoms. The SMILES string of the molecule is CCCCc1cccc(N([S-])C(=S)S)c1CCCC.CCCCc1cccc(N([S-])C(=S)S)c1CCCC.[Zn+2]. The van der Waals surface area contributed by atoms with Crippen LogP contribution in [0.15, 0.2) is 36.4 Å². The van der Waals surface area contributed by atoms with Crippen LogP contribution >= 0.6 is 49.7 Å². The van der Waals surface area contributed by atoms with Gasteiger partial charge in [-0.25, -0.2) is 0 Å². The second-order valence-electron chi connectivity index (χ2n) is 9.40. The molecule has 0 atom stereocenters. The molecule has 212 valence electrons. The van der Waals surface area contributed by atoms with Crippen LogP contribution in [-0.2, 0) is 70.8 Å². The van der Waals surface area contributed by atoms with Crippen molar-refractivity contribution in [2.24, 2.45) is 0 Å². The minimum Gasteiger partial charge on any atom is -0.659 e. The van der Waals surface area contributed by atoms with E-state index in [9.17, 15) is 0 Å². The number of thiocarbonyl (C=S) groups is 2. The van der Waals surface area contributed by atoms with Crippen molar-refractivity contribution in [2.45, 2.75) is 105 Å². The summed E-state index contributed by atoms with van der Waals surface area (Å²) in [6.45, 7) is 8.86. The van der Waals surface area contributed by atoms with Gasteiger partial charge in [-0.3, -0.25) is 0 Å². The Kier molecular flexibility index (Phi) is 22.9. The minimum atomic E-state index is 0. The van der Waals surface area contributed by atoms with Gasteiger partial charge in [0.25, 0.3) is 0 Å². The van der Waals surface area contributed by atoms with Crippen molar-refractivity contribution >= 4 is 95.3 Å². The van der Waals surface area contributed by atoms with E-state index in [2.05, 4.69) is 89.4 Å². The molecule has 2 aromatic rings. The van der Waals surface area contributed by atoms with Crippen molar-refractivity contribution in [3.63, 3.8) is 0 Å². The maximum atomic E-state index is 5.35. The van der Waals surface area contributed by atoms with E-state index in [0.29, 0.717) is 8.64 Å². The number of hydrogen-bond donors (Lipinski definition) is 2. The van der Waals surface area contributed by atoms with Gasteiger partial charge in [0.1, 0.15) is 8.64 Å². The average Bonchev–Trinajstić information content (AvgIpc) is 2.92. The number of benzene rings is 2. The van der Waals surface area contributed by atoms with E-state index in [1.165, 1.54) is 73.6 Å². The molecule has 0 bridgehead atoms. The Labute approximate surface area is 284 Å². The molecule has 2 nitrogen and oxygen atoms in total. The van der Waals surface area contributed by atoms with Crippen molar-refractivity contribution in [3.8, 4) is 0 Å². The molecule has 2 aromatic carbocycles. The van der Waals surface area contributed by atoms with Gasteiger partial charge in [-0.2, -0.15) is 0 Å². The number of thiol groups is 2. The molecule has 0 saturated carbocycles. The zero-order valence-electron chi connectivity index (χ0n) is 24.1. The van der Waals surface area contributed by atoms with Crippen LogP contribution in [-0.4, -0.2) is 8.64 Å². The first-order valence-electron chi connectivity index (χ1n) is 13.8. The molecule has 0 aromatic heterocycles. The molecule has 0 aliphatic carbocycles. The summed E-state index contributed by atoms with van der Waals surface area (Å²) in [5, 5.41) is 0. The first-order chi connectivity index (χ1) is 18.2. The van der Waals surface area contributed by atoms with Crippen LogP contribution in [0.5, 0.6) is 0 Å². The monoisotopic (exact) mass is 688 g/mol. The second-order valence-corrected chi connectivity index (χ2v) is 12.4. The van der Waals surface area contributed by atoms with Crippen LogP contribution < -0.4 is 8.61 Å². The number of nitrogens with zero attached hydrogens (tertiary/aromatic N) is 2. The smallest absolute Gasteiger partial charge is 0.659 e. The molecule has 0 aliphatic rings. The summed E-state index contributed by atoms with van der Waals surface area (Å²) >= 11 is 29.3. The van der Waals surface area contributed by atoms with E-state index < -0.39 is 0 Å². The number of hydrogen-bond acceptors (Lipinski definition) is 4. The summed E-state index contributed by atoms with van der Waals surface area (Å²) in [5.74, 6) is 0. The van der Waals surface area contributed by atoms with E-state index in [1.807, 2.05) is 0 Å². The summed E-state index contributed by atoms with van der Waals surface area (Å²) in [6.07, 6.45) is 13.9. The van der Waals surface area contributed by atoms with Crippen molar-refractivity contribution < 1.29 is 19.5 Å². The first kappa shape index (κ1) is 39.2. The maximum Gasteiger partial charge on any atom is 2.00 e. The fourth-order valence-electron chi connectivity index (χ4n) is 4.32. The van der Waals surface area contributed by atoms with E-state index in [0.717, 1.165) is 37.1 Å². The van der Waals surface area contributed by atoms with Gasteiger partial charge in [0, 0.05) is 11.4 Å². The Morgan fingerprint density at radius 1 is 0.615 bits per heavy atom.